The van der Waals surface area contributed by atoms with Crippen LogP contribution < -0.4 is 0 Å². The molecule has 3 aromatic carbocycles. The van der Waals surface area contributed by atoms with Crippen LogP contribution in [0, 0.1) is 0 Å². The van der Waals surface area contributed by atoms with Gasteiger partial charge in [0, 0.05) is 51.4 Å². The molecule has 2 aliphatic rings. The molecule has 1 aliphatic carbocycles. The van der Waals surface area contributed by atoms with Crippen molar-refractivity contribution in [2.75, 3.05) is 13.2 Å². The van der Waals surface area contributed by atoms with Gasteiger partial charge in [0.15, 0.2) is 0 Å². The maximum absolute atomic E-state index is 6.22. The first-order valence-electron chi connectivity index (χ1n) is 16.7. The van der Waals surface area contributed by atoms with Crippen molar-refractivity contribution >= 4 is 54.9 Å². The molecule has 0 saturated heterocycles. The van der Waals surface area contributed by atoms with Crippen LogP contribution in [0.25, 0.3) is 54.9 Å². The van der Waals surface area contributed by atoms with Crippen molar-refractivity contribution in [1.82, 2.24) is 14.0 Å². The number of hydrogen-bond acceptors (Lipinski definition) is 2. The zero-order valence-corrected chi connectivity index (χ0v) is 27.8. The fraction of sp³-hybridized carbons (Fsp3) is 0.136. The van der Waals surface area contributed by atoms with E-state index in [0.29, 0.717) is 13.2 Å². The summed E-state index contributed by atoms with van der Waals surface area (Å²) < 4.78 is 10.9. The Morgan fingerprint density at radius 2 is 1.73 bits per heavy atom. The highest BCUT2D eigenvalue weighted by Crippen LogP contribution is 2.43. The van der Waals surface area contributed by atoms with E-state index in [4.69, 9.17) is 4.74 Å². The van der Waals surface area contributed by atoms with E-state index >= 15 is 0 Å². The smallest absolute Gasteiger partial charge is 0.142 e. The predicted octanol–water partition coefficient (Wildman–Crippen LogP) is 11.4. The van der Waals surface area contributed by atoms with E-state index in [2.05, 4.69) is 149 Å². The molecule has 4 nitrogen and oxygen atoms in total. The van der Waals surface area contributed by atoms with Gasteiger partial charge in [0.2, 0.25) is 0 Å². The van der Waals surface area contributed by atoms with E-state index in [9.17, 15) is 0 Å². The summed E-state index contributed by atoms with van der Waals surface area (Å²) in [5.74, 6) is 0.785. The van der Waals surface area contributed by atoms with E-state index in [1.807, 2.05) is 32.1 Å². The number of aromatic nitrogens is 2. The molecule has 4 heteroatoms. The third-order valence-corrected chi connectivity index (χ3v) is 9.09. The zero-order valence-electron chi connectivity index (χ0n) is 27.8. The molecule has 48 heavy (non-hydrogen) atoms. The van der Waals surface area contributed by atoms with Gasteiger partial charge in [-0.25, -0.2) is 0 Å². The lowest BCUT2D eigenvalue weighted by Gasteiger charge is -2.27. The Bertz CT molecular complexity index is 2320. The van der Waals surface area contributed by atoms with E-state index in [1.54, 1.807) is 0 Å². The number of rotatable bonds is 7. The average molecular weight is 628 g/mol. The number of fused-ring (bicyclic) bond motifs is 2. The molecule has 0 N–H and O–H groups in total. The lowest BCUT2D eigenvalue weighted by molar-refractivity contribution is 0.220. The van der Waals surface area contributed by atoms with E-state index in [1.165, 1.54) is 43.5 Å². The topological polar surface area (TPSA) is 22.3 Å². The van der Waals surface area contributed by atoms with Crippen molar-refractivity contribution < 1.29 is 4.74 Å². The molecular formula is C44H41N3O. The van der Waals surface area contributed by atoms with Crippen molar-refractivity contribution in [3.8, 4) is 0 Å². The van der Waals surface area contributed by atoms with Gasteiger partial charge in [-0.3, -0.25) is 0 Å². The van der Waals surface area contributed by atoms with E-state index in [0.717, 1.165) is 41.4 Å². The van der Waals surface area contributed by atoms with Crippen LogP contribution >= 0.6 is 0 Å². The molecule has 0 spiro atoms. The SMILES string of the molecule is C=C/C1=C(\C=C/C)N(C2=CCC=C(n3c4cccc5ccc6c(c54)c3cc3ccn(/C(C=C)=C/C=C\C)c36)C=C2)C/C=C\C=C/CCO1. The van der Waals surface area contributed by atoms with Gasteiger partial charge in [0.05, 0.1) is 28.9 Å². The Morgan fingerprint density at radius 3 is 2.56 bits per heavy atom. The van der Waals surface area contributed by atoms with Crippen LogP contribution in [0.15, 0.2) is 170 Å². The van der Waals surface area contributed by atoms with Gasteiger partial charge in [-0.1, -0.05) is 92.1 Å². The largest absolute Gasteiger partial charge is 0.491 e. The molecule has 1 aliphatic heterocycles. The molecular weight excluding hydrogens is 587 g/mol. The van der Waals surface area contributed by atoms with Gasteiger partial charge in [-0.15, -0.1) is 0 Å². The highest BCUT2D eigenvalue weighted by Gasteiger charge is 2.22. The number of ether oxygens (including phenoxy) is 1. The number of benzene rings is 3. The summed E-state index contributed by atoms with van der Waals surface area (Å²) in [7, 11) is 0. The first-order valence-corrected chi connectivity index (χ1v) is 16.7. The predicted molar refractivity (Wildman–Crippen MR) is 207 cm³/mol. The van der Waals surface area contributed by atoms with Gasteiger partial charge in [0.1, 0.15) is 5.76 Å². The fourth-order valence-electron chi connectivity index (χ4n) is 6.99. The van der Waals surface area contributed by atoms with Crippen molar-refractivity contribution in [3.05, 3.63) is 170 Å². The quantitative estimate of drug-likeness (QED) is 0.132. The second kappa shape index (κ2) is 13.5. The summed E-state index contributed by atoms with van der Waals surface area (Å²) in [5, 5.41) is 6.26. The fourth-order valence-corrected chi connectivity index (χ4v) is 6.99. The van der Waals surface area contributed by atoms with Crippen molar-refractivity contribution in [2.45, 2.75) is 26.7 Å². The van der Waals surface area contributed by atoms with Crippen LogP contribution in [0.5, 0.6) is 0 Å². The molecule has 238 valence electrons. The molecule has 3 heterocycles. The summed E-state index contributed by atoms with van der Waals surface area (Å²) in [6.07, 6.45) is 35.6. The monoisotopic (exact) mass is 627 g/mol. The van der Waals surface area contributed by atoms with Crippen LogP contribution in [0.2, 0.25) is 0 Å². The number of allylic oxidation sites excluding steroid dienone is 15. The maximum atomic E-state index is 6.22. The first kappa shape index (κ1) is 30.9. The Morgan fingerprint density at radius 1 is 0.875 bits per heavy atom. The maximum Gasteiger partial charge on any atom is 0.142 e. The van der Waals surface area contributed by atoms with Crippen LogP contribution in [0.4, 0.5) is 0 Å². The lowest BCUT2D eigenvalue weighted by atomic mass is 10.0. The Hall–Kier alpha value is -5.74. The number of hydrogen-bond donors (Lipinski definition) is 0. The standard InChI is InChI=1S/C44H41N3O/c1-5-9-19-34(7-3)46-29-27-33-31-40-43-37(44(33)46)26-23-32-18-15-22-39(42(32)43)47(40)36-21-16-20-35(24-25-36)45-28-13-11-10-12-14-30-48-41(8-4)38(45)17-6-2/h5-13,15,17-27,29,31H,3-4,14,16,28,30H2,1-2H3/b9-5-,12-10-,13-11-,17-6-,34-19+,41-38-. The molecule has 0 fully saturated rings. The highest BCUT2D eigenvalue weighted by atomic mass is 16.5. The third-order valence-electron chi connectivity index (χ3n) is 9.09. The van der Waals surface area contributed by atoms with Gasteiger partial charge in [-0.05, 0) is 86.7 Å². The van der Waals surface area contributed by atoms with Crippen molar-refractivity contribution in [3.63, 3.8) is 0 Å². The average Bonchev–Trinajstić information content (AvgIpc) is 3.57. The summed E-state index contributed by atoms with van der Waals surface area (Å²) in [5.41, 5.74) is 7.92. The second-order valence-electron chi connectivity index (χ2n) is 11.9. The summed E-state index contributed by atoms with van der Waals surface area (Å²) >= 11 is 0. The second-order valence-corrected chi connectivity index (χ2v) is 11.9. The molecule has 0 radical (unpaired) electrons. The van der Waals surface area contributed by atoms with E-state index in [-0.39, 0.29) is 0 Å². The minimum Gasteiger partial charge on any atom is -0.491 e. The Labute approximate surface area is 282 Å². The molecule has 2 aromatic heterocycles. The summed E-state index contributed by atoms with van der Waals surface area (Å²) in [6, 6.07) is 15.8. The highest BCUT2D eigenvalue weighted by molar-refractivity contribution is 6.30. The number of nitrogens with zero attached hydrogens (tertiary/aromatic N) is 3. The molecule has 0 amide bonds. The normalized spacial score (nSPS) is 19.6. The molecule has 7 rings (SSSR count). The minimum absolute atomic E-state index is 0.603. The van der Waals surface area contributed by atoms with Crippen molar-refractivity contribution in [2.24, 2.45) is 0 Å². The first-order chi connectivity index (χ1) is 23.7. The summed E-state index contributed by atoms with van der Waals surface area (Å²) in [4.78, 5) is 2.31. The molecule has 0 saturated carbocycles. The minimum atomic E-state index is 0.603. The third kappa shape index (κ3) is 5.39. The van der Waals surface area contributed by atoms with Crippen LogP contribution in [-0.2, 0) is 4.74 Å². The Balaban J connectivity index is 1.38. The van der Waals surface area contributed by atoms with Gasteiger partial charge >= 0.3 is 0 Å². The lowest BCUT2D eigenvalue weighted by Crippen LogP contribution is -2.23. The summed E-state index contributed by atoms with van der Waals surface area (Å²) in [6.45, 7) is 13.6. The van der Waals surface area contributed by atoms with Gasteiger partial charge in [0.25, 0.3) is 0 Å². The van der Waals surface area contributed by atoms with Crippen molar-refractivity contribution in [1.29, 1.82) is 0 Å². The van der Waals surface area contributed by atoms with E-state index < -0.39 is 0 Å². The molecule has 0 unspecified atom stereocenters. The molecule has 0 bridgehead atoms. The molecule has 5 aromatic rings. The molecule has 0 atom stereocenters. The zero-order chi connectivity index (χ0) is 33.0. The van der Waals surface area contributed by atoms with Crippen LogP contribution in [-0.4, -0.2) is 27.2 Å². The van der Waals surface area contributed by atoms with Gasteiger partial charge in [-0.2, -0.15) is 0 Å². The Kier molecular flexibility index (Phi) is 8.72. The van der Waals surface area contributed by atoms with Crippen LogP contribution in [0.1, 0.15) is 26.7 Å². The van der Waals surface area contributed by atoms with Crippen LogP contribution in [0.3, 0.4) is 0 Å². The van der Waals surface area contributed by atoms with Gasteiger partial charge < -0.3 is 18.8 Å².